The predicted octanol–water partition coefficient (Wildman–Crippen LogP) is 1.26. The number of thiophene rings is 1. The second kappa shape index (κ2) is 3.70. The van der Waals surface area contributed by atoms with Gasteiger partial charge in [-0.15, -0.1) is 11.3 Å². The van der Waals surface area contributed by atoms with Gasteiger partial charge in [-0.25, -0.2) is 0 Å². The number of halogens is 1. The minimum Gasteiger partial charge on any atom is -0.340 e. The highest BCUT2D eigenvalue weighted by molar-refractivity contribution is 9.11. The van der Waals surface area contributed by atoms with Gasteiger partial charge in [0.2, 0.25) is 0 Å². The third-order valence-electron chi connectivity index (χ3n) is 1.93. The van der Waals surface area contributed by atoms with Gasteiger partial charge >= 0.3 is 0 Å². The molecule has 4 nitrogen and oxygen atoms in total. The smallest absolute Gasteiger partial charge is 0.253 e. The summed E-state index contributed by atoms with van der Waals surface area (Å²) in [6.07, 6.45) is 0. The number of aliphatic imine (C=N–C) groups is 1. The Morgan fingerprint density at radius 2 is 2.43 bits per heavy atom. The van der Waals surface area contributed by atoms with Crippen molar-refractivity contribution >= 4 is 39.1 Å². The molecule has 0 aromatic carbocycles. The van der Waals surface area contributed by atoms with Crippen LogP contribution in [0.15, 0.2) is 20.2 Å². The molecule has 0 aliphatic carbocycles. The summed E-state index contributed by atoms with van der Waals surface area (Å²) in [4.78, 5) is 15.4. The Bertz CT molecular complexity index is 401. The van der Waals surface area contributed by atoms with Crippen LogP contribution in [0.5, 0.6) is 0 Å². The lowest BCUT2D eigenvalue weighted by Crippen LogP contribution is -2.24. The van der Waals surface area contributed by atoms with Gasteiger partial charge in [0, 0.05) is 7.05 Å². The van der Waals surface area contributed by atoms with Crippen molar-refractivity contribution in [1.29, 1.82) is 0 Å². The quantitative estimate of drug-likeness (QED) is 0.810. The average Bonchev–Trinajstić information content (AvgIpc) is 2.71. The van der Waals surface area contributed by atoms with Crippen LogP contribution < -0.4 is 10.6 Å². The first-order valence-corrected chi connectivity index (χ1v) is 5.66. The van der Waals surface area contributed by atoms with E-state index in [9.17, 15) is 4.79 Å². The molecule has 2 rings (SSSR count). The first-order chi connectivity index (χ1) is 6.70. The zero-order chi connectivity index (χ0) is 10.1. The van der Waals surface area contributed by atoms with Gasteiger partial charge in [0.1, 0.15) is 6.04 Å². The highest BCUT2D eigenvalue weighted by atomic mass is 79.9. The number of carbonyl (C=O) groups is 1. The molecule has 1 atom stereocenters. The van der Waals surface area contributed by atoms with Crippen LogP contribution in [0.2, 0.25) is 0 Å². The fraction of sp³-hybridized carbons (Fsp3) is 0.250. The molecule has 1 aromatic rings. The van der Waals surface area contributed by atoms with Gasteiger partial charge in [0.05, 0.1) is 3.79 Å². The molecule has 6 heteroatoms. The Labute approximate surface area is 93.5 Å². The lowest BCUT2D eigenvalue weighted by atomic mass is 10.1. The molecular formula is C8H8BrN3OS. The fourth-order valence-electron chi connectivity index (χ4n) is 1.26. The van der Waals surface area contributed by atoms with Crippen molar-refractivity contribution in [1.82, 2.24) is 10.6 Å². The molecule has 1 aliphatic heterocycles. The summed E-state index contributed by atoms with van der Waals surface area (Å²) in [7, 11) is 1.63. The minimum atomic E-state index is -0.309. The number of amides is 1. The molecule has 2 N–H and O–H groups in total. The van der Waals surface area contributed by atoms with E-state index in [4.69, 9.17) is 0 Å². The third-order valence-corrected chi connectivity index (χ3v) is 3.45. The summed E-state index contributed by atoms with van der Waals surface area (Å²) in [5.74, 6) is 0.471. The molecule has 14 heavy (non-hydrogen) atoms. The van der Waals surface area contributed by atoms with Crippen LogP contribution in [-0.4, -0.2) is 18.9 Å². The van der Waals surface area contributed by atoms with E-state index in [0.29, 0.717) is 5.96 Å². The van der Waals surface area contributed by atoms with E-state index in [1.807, 2.05) is 11.4 Å². The van der Waals surface area contributed by atoms with Crippen LogP contribution in [0.4, 0.5) is 0 Å². The molecule has 0 bridgehead atoms. The zero-order valence-electron chi connectivity index (χ0n) is 7.37. The van der Waals surface area contributed by atoms with Gasteiger partial charge in [-0.3, -0.25) is 15.1 Å². The number of nitrogens with zero attached hydrogens (tertiary/aromatic N) is 1. The number of guanidine groups is 1. The highest BCUT2D eigenvalue weighted by Crippen LogP contribution is 2.26. The summed E-state index contributed by atoms with van der Waals surface area (Å²) in [6, 6.07) is 1.62. The van der Waals surface area contributed by atoms with E-state index in [2.05, 4.69) is 31.6 Å². The SMILES string of the molecule is CN=C1NC(=O)C(c2csc(Br)c2)N1. The molecule has 0 saturated carbocycles. The van der Waals surface area contributed by atoms with Crippen molar-refractivity contribution in [2.24, 2.45) is 4.99 Å². The van der Waals surface area contributed by atoms with Gasteiger partial charge in [-0.2, -0.15) is 0 Å². The van der Waals surface area contributed by atoms with Gasteiger partial charge in [0.25, 0.3) is 5.91 Å². The number of hydrogen-bond acceptors (Lipinski definition) is 3. The number of rotatable bonds is 1. The standard InChI is InChI=1S/C8H8BrN3OS/c1-10-8-11-6(7(13)12-8)4-2-5(9)14-3-4/h2-3,6H,1H3,(H2,10,11,12,13). The Balaban J connectivity index is 2.24. The molecule has 1 saturated heterocycles. The van der Waals surface area contributed by atoms with Crippen LogP contribution >= 0.6 is 27.3 Å². The minimum absolute atomic E-state index is 0.0594. The van der Waals surface area contributed by atoms with E-state index in [1.165, 1.54) is 0 Å². The summed E-state index contributed by atoms with van der Waals surface area (Å²) in [6.45, 7) is 0. The number of hydrogen-bond donors (Lipinski definition) is 2. The normalized spacial score (nSPS) is 23.7. The van der Waals surface area contributed by atoms with Crippen LogP contribution in [0.1, 0.15) is 11.6 Å². The summed E-state index contributed by atoms with van der Waals surface area (Å²) in [5, 5.41) is 7.59. The maximum atomic E-state index is 11.5. The van der Waals surface area contributed by atoms with E-state index in [0.717, 1.165) is 9.35 Å². The van der Waals surface area contributed by atoms with E-state index < -0.39 is 0 Å². The molecule has 1 aliphatic rings. The first kappa shape index (κ1) is 9.67. The maximum absolute atomic E-state index is 11.5. The molecule has 1 aromatic heterocycles. The van der Waals surface area contributed by atoms with Crippen molar-refractivity contribution in [2.45, 2.75) is 6.04 Å². The second-order valence-corrected chi connectivity index (χ2v) is 5.11. The lowest BCUT2D eigenvalue weighted by molar-refractivity contribution is -0.120. The van der Waals surface area contributed by atoms with Crippen molar-refractivity contribution in [3.8, 4) is 0 Å². The number of nitrogens with one attached hydrogen (secondary N) is 2. The molecule has 0 radical (unpaired) electrons. The molecule has 2 heterocycles. The Morgan fingerprint density at radius 1 is 1.64 bits per heavy atom. The van der Waals surface area contributed by atoms with Crippen LogP contribution in [0, 0.1) is 0 Å². The summed E-state index contributed by atoms with van der Waals surface area (Å²) in [5.41, 5.74) is 0.957. The van der Waals surface area contributed by atoms with Gasteiger partial charge in [-0.05, 0) is 32.9 Å². The molecule has 0 spiro atoms. The van der Waals surface area contributed by atoms with Crippen LogP contribution in [-0.2, 0) is 4.79 Å². The average molecular weight is 274 g/mol. The Kier molecular flexibility index (Phi) is 2.56. The molecule has 1 amide bonds. The van der Waals surface area contributed by atoms with Gasteiger partial charge < -0.3 is 5.32 Å². The van der Waals surface area contributed by atoms with Crippen molar-refractivity contribution in [3.05, 3.63) is 20.8 Å². The zero-order valence-corrected chi connectivity index (χ0v) is 9.78. The van der Waals surface area contributed by atoms with Gasteiger partial charge in [-0.1, -0.05) is 0 Å². The van der Waals surface area contributed by atoms with Gasteiger partial charge in [0.15, 0.2) is 5.96 Å². The number of carbonyl (C=O) groups excluding carboxylic acids is 1. The predicted molar refractivity (Wildman–Crippen MR) is 59.4 cm³/mol. The van der Waals surface area contributed by atoms with E-state index in [1.54, 1.807) is 18.4 Å². The fourth-order valence-corrected chi connectivity index (χ4v) is 2.46. The first-order valence-electron chi connectivity index (χ1n) is 3.99. The monoisotopic (exact) mass is 273 g/mol. The van der Waals surface area contributed by atoms with Crippen molar-refractivity contribution < 1.29 is 4.79 Å². The summed E-state index contributed by atoms with van der Waals surface area (Å²) < 4.78 is 1.02. The Morgan fingerprint density at radius 3 is 2.93 bits per heavy atom. The van der Waals surface area contributed by atoms with Crippen LogP contribution in [0.3, 0.4) is 0 Å². The van der Waals surface area contributed by atoms with E-state index in [-0.39, 0.29) is 11.9 Å². The largest absolute Gasteiger partial charge is 0.340 e. The van der Waals surface area contributed by atoms with Crippen molar-refractivity contribution in [3.63, 3.8) is 0 Å². The molecule has 74 valence electrons. The molecule has 1 fully saturated rings. The summed E-state index contributed by atoms with van der Waals surface area (Å²) >= 11 is 4.92. The topological polar surface area (TPSA) is 53.5 Å². The molecular weight excluding hydrogens is 266 g/mol. The highest BCUT2D eigenvalue weighted by Gasteiger charge is 2.29. The Hall–Kier alpha value is -0.880. The third kappa shape index (κ3) is 1.67. The van der Waals surface area contributed by atoms with Crippen LogP contribution in [0.25, 0.3) is 0 Å². The van der Waals surface area contributed by atoms with E-state index >= 15 is 0 Å². The molecule has 1 unspecified atom stereocenters. The lowest BCUT2D eigenvalue weighted by Gasteiger charge is -2.03. The van der Waals surface area contributed by atoms with Crippen molar-refractivity contribution in [2.75, 3.05) is 7.05 Å². The maximum Gasteiger partial charge on any atom is 0.253 e. The second-order valence-electron chi connectivity index (χ2n) is 2.82.